The molecule has 0 amide bonds. The summed E-state index contributed by atoms with van der Waals surface area (Å²) < 4.78 is 0. The first-order valence-electron chi connectivity index (χ1n) is 5.62. The number of benzene rings is 1. The van der Waals surface area contributed by atoms with Gasteiger partial charge in [0.05, 0.1) is 0 Å². The molecule has 78 valence electrons. The van der Waals surface area contributed by atoms with Gasteiger partial charge < -0.3 is 5.73 Å². The lowest BCUT2D eigenvalue weighted by Gasteiger charge is -2.09. The van der Waals surface area contributed by atoms with E-state index in [2.05, 4.69) is 37.3 Å². The maximum atomic E-state index is 5.95. The van der Waals surface area contributed by atoms with Gasteiger partial charge in [0, 0.05) is 6.04 Å². The molecule has 0 aliphatic carbocycles. The zero-order chi connectivity index (χ0) is 10.2. The van der Waals surface area contributed by atoms with Crippen LogP contribution in [0.4, 0.5) is 0 Å². The largest absolute Gasteiger partial charge is 0.328 e. The van der Waals surface area contributed by atoms with Crippen molar-refractivity contribution in [1.29, 1.82) is 0 Å². The Morgan fingerprint density at radius 3 is 2.50 bits per heavy atom. The van der Waals surface area contributed by atoms with Crippen molar-refractivity contribution in [2.24, 2.45) is 5.73 Å². The molecular weight excluding hydrogens is 170 g/mol. The van der Waals surface area contributed by atoms with Crippen molar-refractivity contribution in [2.45, 2.75) is 45.1 Å². The summed E-state index contributed by atoms with van der Waals surface area (Å²) in [6.45, 7) is 2.19. The van der Waals surface area contributed by atoms with Crippen LogP contribution in [0.3, 0.4) is 0 Å². The Kier molecular flexibility index (Phi) is 5.31. The highest BCUT2D eigenvalue weighted by atomic mass is 14.6. The molecule has 1 heteroatoms. The van der Waals surface area contributed by atoms with Gasteiger partial charge in [0.25, 0.3) is 0 Å². The van der Waals surface area contributed by atoms with Gasteiger partial charge in [-0.05, 0) is 31.2 Å². The standard InChI is InChI=1S/C13H21N/c1-2-7-13(14)11-6-10-12-8-4-3-5-9-12/h3-5,8-9,13H,2,6-7,10-11,14H2,1H3. The van der Waals surface area contributed by atoms with E-state index >= 15 is 0 Å². The Labute approximate surface area is 87.3 Å². The zero-order valence-corrected chi connectivity index (χ0v) is 9.08. The molecular formula is C13H21N. The monoisotopic (exact) mass is 191 g/mol. The van der Waals surface area contributed by atoms with E-state index < -0.39 is 0 Å². The van der Waals surface area contributed by atoms with Gasteiger partial charge in [-0.3, -0.25) is 0 Å². The Balaban J connectivity index is 2.16. The highest BCUT2D eigenvalue weighted by molar-refractivity contribution is 5.14. The summed E-state index contributed by atoms with van der Waals surface area (Å²) in [5, 5.41) is 0. The molecule has 0 aromatic heterocycles. The Hall–Kier alpha value is -0.820. The highest BCUT2D eigenvalue weighted by Gasteiger charge is 2.00. The van der Waals surface area contributed by atoms with Crippen LogP contribution in [0.2, 0.25) is 0 Å². The summed E-state index contributed by atoms with van der Waals surface area (Å²) in [4.78, 5) is 0. The molecule has 0 radical (unpaired) electrons. The third-order valence-electron chi connectivity index (χ3n) is 2.54. The van der Waals surface area contributed by atoms with Crippen molar-refractivity contribution in [1.82, 2.24) is 0 Å². The van der Waals surface area contributed by atoms with Crippen LogP contribution in [0.25, 0.3) is 0 Å². The predicted octanol–water partition coefficient (Wildman–Crippen LogP) is 3.14. The summed E-state index contributed by atoms with van der Waals surface area (Å²) in [7, 11) is 0. The van der Waals surface area contributed by atoms with E-state index in [4.69, 9.17) is 5.73 Å². The second-order valence-corrected chi connectivity index (χ2v) is 3.93. The molecule has 1 rings (SSSR count). The summed E-state index contributed by atoms with van der Waals surface area (Å²) in [6, 6.07) is 11.0. The fourth-order valence-corrected chi connectivity index (χ4v) is 1.73. The van der Waals surface area contributed by atoms with E-state index in [9.17, 15) is 0 Å². The fourth-order valence-electron chi connectivity index (χ4n) is 1.73. The first-order chi connectivity index (χ1) is 6.83. The maximum absolute atomic E-state index is 5.95. The Morgan fingerprint density at radius 1 is 1.14 bits per heavy atom. The molecule has 0 saturated heterocycles. The van der Waals surface area contributed by atoms with Crippen LogP contribution < -0.4 is 5.73 Å². The van der Waals surface area contributed by atoms with E-state index in [0.717, 1.165) is 19.3 Å². The molecule has 2 N–H and O–H groups in total. The molecule has 0 saturated carbocycles. The molecule has 0 heterocycles. The molecule has 0 spiro atoms. The van der Waals surface area contributed by atoms with Crippen molar-refractivity contribution in [3.8, 4) is 0 Å². The molecule has 14 heavy (non-hydrogen) atoms. The van der Waals surface area contributed by atoms with Crippen molar-refractivity contribution in [3.05, 3.63) is 35.9 Å². The van der Waals surface area contributed by atoms with Crippen LogP contribution in [-0.4, -0.2) is 6.04 Å². The number of rotatable bonds is 6. The van der Waals surface area contributed by atoms with E-state index in [1.807, 2.05) is 0 Å². The highest BCUT2D eigenvalue weighted by Crippen LogP contribution is 2.07. The second-order valence-electron chi connectivity index (χ2n) is 3.93. The maximum Gasteiger partial charge on any atom is 0.00388 e. The lowest BCUT2D eigenvalue weighted by Crippen LogP contribution is -2.19. The first-order valence-corrected chi connectivity index (χ1v) is 5.62. The van der Waals surface area contributed by atoms with E-state index in [1.54, 1.807) is 0 Å². The number of hydrogen-bond donors (Lipinski definition) is 1. The minimum atomic E-state index is 0.406. The van der Waals surface area contributed by atoms with Crippen molar-refractivity contribution in [3.63, 3.8) is 0 Å². The zero-order valence-electron chi connectivity index (χ0n) is 9.08. The SMILES string of the molecule is CCCC(N)CCCc1ccccc1. The summed E-state index contributed by atoms with van der Waals surface area (Å²) in [5.74, 6) is 0. The second kappa shape index (κ2) is 6.61. The van der Waals surface area contributed by atoms with Crippen molar-refractivity contribution < 1.29 is 0 Å². The first kappa shape index (κ1) is 11.3. The lowest BCUT2D eigenvalue weighted by atomic mass is 10.0. The van der Waals surface area contributed by atoms with Gasteiger partial charge in [-0.15, -0.1) is 0 Å². The van der Waals surface area contributed by atoms with E-state index in [0.29, 0.717) is 6.04 Å². The summed E-state index contributed by atoms with van der Waals surface area (Å²) >= 11 is 0. The van der Waals surface area contributed by atoms with E-state index in [1.165, 1.54) is 18.4 Å². The van der Waals surface area contributed by atoms with Crippen LogP contribution >= 0.6 is 0 Å². The fraction of sp³-hybridized carbons (Fsp3) is 0.538. The lowest BCUT2D eigenvalue weighted by molar-refractivity contribution is 0.539. The van der Waals surface area contributed by atoms with Gasteiger partial charge in [-0.1, -0.05) is 43.7 Å². The Morgan fingerprint density at radius 2 is 1.86 bits per heavy atom. The van der Waals surface area contributed by atoms with Gasteiger partial charge in [0.1, 0.15) is 0 Å². The molecule has 1 unspecified atom stereocenters. The summed E-state index contributed by atoms with van der Waals surface area (Å²) in [6.07, 6.45) is 5.90. The van der Waals surface area contributed by atoms with Crippen molar-refractivity contribution in [2.75, 3.05) is 0 Å². The van der Waals surface area contributed by atoms with Gasteiger partial charge in [0.2, 0.25) is 0 Å². The average molecular weight is 191 g/mol. The van der Waals surface area contributed by atoms with Crippen LogP contribution in [-0.2, 0) is 6.42 Å². The summed E-state index contributed by atoms with van der Waals surface area (Å²) in [5.41, 5.74) is 7.38. The minimum Gasteiger partial charge on any atom is -0.328 e. The molecule has 1 aromatic carbocycles. The third-order valence-corrected chi connectivity index (χ3v) is 2.54. The number of nitrogens with two attached hydrogens (primary N) is 1. The van der Waals surface area contributed by atoms with Gasteiger partial charge in [-0.25, -0.2) is 0 Å². The normalized spacial score (nSPS) is 12.7. The predicted molar refractivity (Wildman–Crippen MR) is 62.3 cm³/mol. The molecule has 1 aromatic rings. The van der Waals surface area contributed by atoms with Gasteiger partial charge in [-0.2, -0.15) is 0 Å². The molecule has 1 atom stereocenters. The van der Waals surface area contributed by atoms with Crippen molar-refractivity contribution >= 4 is 0 Å². The van der Waals surface area contributed by atoms with Crippen LogP contribution in [0.1, 0.15) is 38.2 Å². The van der Waals surface area contributed by atoms with Gasteiger partial charge in [0.15, 0.2) is 0 Å². The van der Waals surface area contributed by atoms with Gasteiger partial charge >= 0.3 is 0 Å². The molecule has 1 nitrogen and oxygen atoms in total. The molecule has 0 fully saturated rings. The molecule has 0 aliphatic heterocycles. The minimum absolute atomic E-state index is 0.406. The topological polar surface area (TPSA) is 26.0 Å². The number of aryl methyl sites for hydroxylation is 1. The van der Waals surface area contributed by atoms with Crippen LogP contribution in [0.15, 0.2) is 30.3 Å². The average Bonchev–Trinajstić information content (AvgIpc) is 2.20. The number of hydrogen-bond acceptors (Lipinski definition) is 1. The molecule has 0 bridgehead atoms. The smallest absolute Gasteiger partial charge is 0.00388 e. The Bertz CT molecular complexity index is 230. The third kappa shape index (κ3) is 4.43. The quantitative estimate of drug-likeness (QED) is 0.734. The molecule has 0 aliphatic rings. The van der Waals surface area contributed by atoms with E-state index in [-0.39, 0.29) is 0 Å². The van der Waals surface area contributed by atoms with Crippen LogP contribution in [0.5, 0.6) is 0 Å². The van der Waals surface area contributed by atoms with Crippen LogP contribution in [0, 0.1) is 0 Å².